The molecule has 1 heterocycles. The lowest BCUT2D eigenvalue weighted by atomic mass is 9.78. The Balaban J connectivity index is 1.52. The van der Waals surface area contributed by atoms with Gasteiger partial charge in [-0.2, -0.15) is 0 Å². The van der Waals surface area contributed by atoms with E-state index in [0.717, 1.165) is 39.0 Å². The van der Waals surface area contributed by atoms with Gasteiger partial charge in [-0.3, -0.25) is 9.59 Å². The number of hydrogen-bond acceptors (Lipinski definition) is 5. The van der Waals surface area contributed by atoms with E-state index in [2.05, 4.69) is 0 Å². The molecule has 7 heteroatoms. The van der Waals surface area contributed by atoms with Gasteiger partial charge in [0.1, 0.15) is 18.3 Å². The minimum atomic E-state index is -2.96. The fourth-order valence-electron chi connectivity index (χ4n) is 5.60. The Hall–Kier alpha value is -1.24. The molecule has 4 rings (SSSR count). The summed E-state index contributed by atoms with van der Waals surface area (Å²) >= 11 is 0. The van der Waals surface area contributed by atoms with Gasteiger partial charge in [0, 0.05) is 18.8 Å². The van der Waals surface area contributed by atoms with Crippen LogP contribution in [-0.2, 0) is 23.8 Å². The second-order valence-corrected chi connectivity index (χ2v) is 8.53. The fraction of sp³-hybridized carbons (Fsp3) is 0.895. The second kappa shape index (κ2) is 6.14. The van der Waals surface area contributed by atoms with Crippen LogP contribution in [0, 0.1) is 23.7 Å². The van der Waals surface area contributed by atoms with Crippen LogP contribution in [-0.4, -0.2) is 42.3 Å². The van der Waals surface area contributed by atoms with Gasteiger partial charge >= 0.3 is 11.9 Å². The third-order valence-corrected chi connectivity index (χ3v) is 6.82. The average Bonchev–Trinajstić information content (AvgIpc) is 3.28. The van der Waals surface area contributed by atoms with Crippen LogP contribution in [0.15, 0.2) is 0 Å². The van der Waals surface area contributed by atoms with Crippen LogP contribution in [0.25, 0.3) is 0 Å². The quantitative estimate of drug-likeness (QED) is 0.671. The number of carbonyl (C=O) groups excluding carboxylic acids is 2. The van der Waals surface area contributed by atoms with Crippen molar-refractivity contribution in [3.63, 3.8) is 0 Å². The molecule has 0 aromatic carbocycles. The van der Waals surface area contributed by atoms with Crippen molar-refractivity contribution in [2.75, 3.05) is 6.61 Å². The van der Waals surface area contributed by atoms with Crippen molar-refractivity contribution in [3.8, 4) is 0 Å². The first kappa shape index (κ1) is 18.1. The van der Waals surface area contributed by atoms with Crippen LogP contribution in [0.1, 0.15) is 52.4 Å². The maximum absolute atomic E-state index is 13.2. The molecule has 2 bridgehead atoms. The molecule has 4 fully saturated rings. The summed E-state index contributed by atoms with van der Waals surface area (Å²) in [5.74, 6) is -5.29. The summed E-state index contributed by atoms with van der Waals surface area (Å²) in [5, 5.41) is 0. The number of esters is 2. The van der Waals surface area contributed by atoms with Gasteiger partial charge in [-0.25, -0.2) is 8.78 Å². The van der Waals surface area contributed by atoms with Gasteiger partial charge in [0.15, 0.2) is 0 Å². The molecule has 26 heavy (non-hydrogen) atoms. The van der Waals surface area contributed by atoms with E-state index in [0.29, 0.717) is 6.42 Å². The van der Waals surface area contributed by atoms with Gasteiger partial charge in [-0.15, -0.1) is 0 Å². The lowest BCUT2D eigenvalue weighted by Gasteiger charge is -2.34. The highest BCUT2D eigenvalue weighted by Gasteiger charge is 2.69. The maximum Gasteiger partial charge on any atom is 0.310 e. The molecular weight excluding hydrogens is 346 g/mol. The SMILES string of the molecule is CCC1(OC(=O)C2C3CC4C(OC(=O)C42)C3OCC(C)(F)F)CCCC1. The predicted molar refractivity (Wildman–Crippen MR) is 86.4 cm³/mol. The molecule has 0 N–H and O–H groups in total. The molecule has 3 saturated carbocycles. The smallest absolute Gasteiger partial charge is 0.310 e. The summed E-state index contributed by atoms with van der Waals surface area (Å²) in [6.07, 6.45) is 3.94. The molecule has 1 aliphatic heterocycles. The minimum absolute atomic E-state index is 0.123. The lowest BCUT2D eigenvalue weighted by Crippen LogP contribution is -2.46. The highest BCUT2D eigenvalue weighted by Crippen LogP contribution is 2.59. The number of hydrogen-bond donors (Lipinski definition) is 0. The standard InChI is InChI=1S/C19H26F2O5/c1-3-19(6-4-5-7-19)26-17(23)13-10-8-11-12(13)16(22)25-15(11)14(10)24-9-18(2,20)21/h10-15H,3-9H2,1-2H3. The van der Waals surface area contributed by atoms with Crippen LogP contribution in [0.4, 0.5) is 8.78 Å². The summed E-state index contributed by atoms with van der Waals surface area (Å²) < 4.78 is 43.2. The van der Waals surface area contributed by atoms with E-state index < -0.39 is 48.1 Å². The van der Waals surface area contributed by atoms with E-state index in [4.69, 9.17) is 14.2 Å². The average molecular weight is 372 g/mol. The predicted octanol–water partition coefficient (Wildman–Crippen LogP) is 3.10. The summed E-state index contributed by atoms with van der Waals surface area (Å²) in [6.45, 7) is 2.06. The number of carbonyl (C=O) groups is 2. The van der Waals surface area contributed by atoms with E-state index in [1.807, 2.05) is 6.92 Å². The molecule has 146 valence electrons. The highest BCUT2D eigenvalue weighted by atomic mass is 19.3. The van der Waals surface area contributed by atoms with Gasteiger partial charge in [0.2, 0.25) is 0 Å². The number of halogens is 2. The van der Waals surface area contributed by atoms with Gasteiger partial charge in [-0.1, -0.05) is 6.92 Å². The van der Waals surface area contributed by atoms with Crippen molar-refractivity contribution >= 4 is 11.9 Å². The number of alkyl halides is 2. The summed E-state index contributed by atoms with van der Waals surface area (Å²) in [7, 11) is 0. The van der Waals surface area contributed by atoms with E-state index in [1.165, 1.54) is 0 Å². The number of fused-ring (bicyclic) bond motifs is 1. The molecule has 0 aromatic heterocycles. The normalized spacial score (nSPS) is 40.1. The minimum Gasteiger partial charge on any atom is -0.459 e. The van der Waals surface area contributed by atoms with Crippen LogP contribution >= 0.6 is 0 Å². The summed E-state index contributed by atoms with van der Waals surface area (Å²) in [5.41, 5.74) is -0.437. The fourth-order valence-corrected chi connectivity index (χ4v) is 5.60. The van der Waals surface area contributed by atoms with Crippen molar-refractivity contribution in [2.45, 2.75) is 76.1 Å². The largest absolute Gasteiger partial charge is 0.459 e. The molecule has 0 amide bonds. The number of ether oxygens (including phenoxy) is 3. The van der Waals surface area contributed by atoms with E-state index in [1.54, 1.807) is 0 Å². The van der Waals surface area contributed by atoms with Crippen LogP contribution in [0.5, 0.6) is 0 Å². The van der Waals surface area contributed by atoms with Crippen molar-refractivity contribution in [2.24, 2.45) is 23.7 Å². The molecule has 5 nitrogen and oxygen atoms in total. The van der Waals surface area contributed by atoms with Crippen LogP contribution in [0.3, 0.4) is 0 Å². The Bertz CT molecular complexity index is 595. The molecule has 6 unspecified atom stereocenters. The Morgan fingerprint density at radius 3 is 2.62 bits per heavy atom. The highest BCUT2D eigenvalue weighted by molar-refractivity contribution is 5.86. The maximum atomic E-state index is 13.2. The third kappa shape index (κ3) is 2.83. The molecule has 0 aromatic rings. The van der Waals surface area contributed by atoms with Crippen LogP contribution < -0.4 is 0 Å². The van der Waals surface area contributed by atoms with Crippen molar-refractivity contribution in [1.82, 2.24) is 0 Å². The molecule has 0 radical (unpaired) electrons. The number of rotatable bonds is 6. The molecule has 3 aliphatic carbocycles. The Morgan fingerprint density at radius 1 is 1.31 bits per heavy atom. The first-order chi connectivity index (χ1) is 12.2. The van der Waals surface area contributed by atoms with Gasteiger partial charge in [0.05, 0.1) is 17.9 Å². The van der Waals surface area contributed by atoms with E-state index >= 15 is 0 Å². The monoisotopic (exact) mass is 372 g/mol. The molecular formula is C19H26F2O5. The first-order valence-corrected chi connectivity index (χ1v) is 9.67. The first-order valence-electron chi connectivity index (χ1n) is 9.67. The van der Waals surface area contributed by atoms with E-state index in [9.17, 15) is 18.4 Å². The molecule has 4 aliphatic rings. The zero-order valence-electron chi connectivity index (χ0n) is 15.2. The summed E-state index contributed by atoms with van der Waals surface area (Å²) in [4.78, 5) is 25.3. The van der Waals surface area contributed by atoms with Crippen LogP contribution in [0.2, 0.25) is 0 Å². The van der Waals surface area contributed by atoms with Gasteiger partial charge in [-0.05, 0) is 38.5 Å². The molecule has 1 saturated heterocycles. The zero-order chi connectivity index (χ0) is 18.7. The Morgan fingerprint density at radius 2 is 2.00 bits per heavy atom. The van der Waals surface area contributed by atoms with Gasteiger partial charge < -0.3 is 14.2 Å². The lowest BCUT2D eigenvalue weighted by molar-refractivity contribution is -0.174. The Kier molecular flexibility index (Phi) is 4.29. The Labute approximate surface area is 151 Å². The molecule has 6 atom stereocenters. The van der Waals surface area contributed by atoms with Crippen molar-refractivity contribution < 1.29 is 32.6 Å². The topological polar surface area (TPSA) is 61.8 Å². The van der Waals surface area contributed by atoms with Crippen molar-refractivity contribution in [1.29, 1.82) is 0 Å². The molecule has 0 spiro atoms. The summed E-state index contributed by atoms with van der Waals surface area (Å²) in [6, 6.07) is 0. The van der Waals surface area contributed by atoms with Crippen molar-refractivity contribution in [3.05, 3.63) is 0 Å². The third-order valence-electron chi connectivity index (χ3n) is 6.82. The van der Waals surface area contributed by atoms with Gasteiger partial charge in [0.25, 0.3) is 5.92 Å². The zero-order valence-corrected chi connectivity index (χ0v) is 15.2. The van der Waals surface area contributed by atoms with E-state index in [-0.39, 0.29) is 17.8 Å². The second-order valence-electron chi connectivity index (χ2n) is 8.53.